The number of rotatable bonds is 9. The van der Waals surface area contributed by atoms with Crippen LogP contribution >= 0.6 is 0 Å². The molecule has 198 valence electrons. The van der Waals surface area contributed by atoms with E-state index in [-0.39, 0.29) is 17.9 Å². The van der Waals surface area contributed by atoms with Crippen LogP contribution in [0.3, 0.4) is 0 Å². The molecule has 0 amide bonds. The van der Waals surface area contributed by atoms with Gasteiger partial charge in [-0.05, 0) is 37.8 Å². The van der Waals surface area contributed by atoms with Crippen LogP contribution in [-0.2, 0) is 6.54 Å². The first-order valence-corrected chi connectivity index (χ1v) is 12.5. The Hall–Kier alpha value is -4.67. The molecule has 0 atom stereocenters. The van der Waals surface area contributed by atoms with E-state index in [0.29, 0.717) is 52.8 Å². The highest BCUT2D eigenvalue weighted by atomic mass is 19.1. The van der Waals surface area contributed by atoms with Crippen molar-refractivity contribution >= 4 is 22.5 Å². The molecule has 1 saturated carbocycles. The van der Waals surface area contributed by atoms with Gasteiger partial charge in [0.15, 0.2) is 17.4 Å². The van der Waals surface area contributed by atoms with Crippen LogP contribution < -0.4 is 14.8 Å². The molecule has 1 aliphatic rings. The first kappa shape index (κ1) is 24.7. The molecular formula is C28H25F2N7O2. The molecule has 5 aromatic rings. The van der Waals surface area contributed by atoms with E-state index in [1.807, 2.05) is 24.3 Å². The normalized spacial score (nSPS) is 13.0. The lowest BCUT2D eigenvalue weighted by Crippen LogP contribution is -2.08. The fraction of sp³-hybridized carbons (Fsp3) is 0.250. The third-order valence-corrected chi connectivity index (χ3v) is 6.47. The van der Waals surface area contributed by atoms with Crippen molar-refractivity contribution in [2.24, 2.45) is 5.92 Å². The van der Waals surface area contributed by atoms with E-state index in [0.717, 1.165) is 18.2 Å². The Morgan fingerprint density at radius 2 is 1.85 bits per heavy atom. The maximum Gasteiger partial charge on any atom is 0.183 e. The summed E-state index contributed by atoms with van der Waals surface area (Å²) in [5.74, 6) is 1.54. The largest absolute Gasteiger partial charge is 0.493 e. The Morgan fingerprint density at radius 3 is 2.59 bits per heavy atom. The second kappa shape index (κ2) is 10.2. The number of hydrogen-bond acceptors (Lipinski definition) is 8. The lowest BCUT2D eigenvalue weighted by atomic mass is 10.1. The minimum Gasteiger partial charge on any atom is -0.493 e. The number of benzene rings is 2. The number of anilines is 2. The number of hydrogen-bond donors (Lipinski definition) is 1. The zero-order chi connectivity index (χ0) is 26.9. The van der Waals surface area contributed by atoms with Crippen LogP contribution in [0.2, 0.25) is 0 Å². The molecule has 3 heterocycles. The number of nitrogens with zero attached hydrogens (tertiary/aromatic N) is 6. The van der Waals surface area contributed by atoms with Crippen LogP contribution in [0.5, 0.6) is 11.5 Å². The van der Waals surface area contributed by atoms with Crippen LogP contribution in [0, 0.1) is 24.5 Å². The molecule has 1 aliphatic carbocycles. The Balaban J connectivity index is 1.35. The lowest BCUT2D eigenvalue weighted by Gasteiger charge is -2.11. The highest BCUT2D eigenvalue weighted by Crippen LogP contribution is 2.32. The molecule has 11 heteroatoms. The number of halogens is 2. The smallest absolute Gasteiger partial charge is 0.183 e. The topological polar surface area (TPSA) is 99.9 Å². The predicted molar refractivity (Wildman–Crippen MR) is 141 cm³/mol. The van der Waals surface area contributed by atoms with Crippen LogP contribution in [0.15, 0.2) is 54.9 Å². The summed E-state index contributed by atoms with van der Waals surface area (Å²) in [6.45, 7) is 2.14. The highest BCUT2D eigenvalue weighted by molar-refractivity contribution is 5.92. The van der Waals surface area contributed by atoms with E-state index >= 15 is 8.78 Å². The molecule has 1 fully saturated rings. The average Bonchev–Trinajstić information content (AvgIpc) is 3.69. The molecule has 3 aromatic heterocycles. The van der Waals surface area contributed by atoms with E-state index in [4.69, 9.17) is 9.47 Å². The van der Waals surface area contributed by atoms with Gasteiger partial charge in [-0.25, -0.2) is 28.7 Å². The maximum atomic E-state index is 15.0. The van der Waals surface area contributed by atoms with E-state index in [9.17, 15) is 0 Å². The monoisotopic (exact) mass is 529 g/mol. The van der Waals surface area contributed by atoms with Crippen molar-refractivity contribution in [2.75, 3.05) is 19.0 Å². The van der Waals surface area contributed by atoms with E-state index in [1.54, 1.807) is 23.9 Å². The van der Waals surface area contributed by atoms with Crippen LogP contribution in [0.4, 0.5) is 20.4 Å². The van der Waals surface area contributed by atoms with Gasteiger partial charge in [0.2, 0.25) is 0 Å². The minimum atomic E-state index is -0.686. The number of aromatic nitrogens is 6. The number of ether oxygens (including phenoxy) is 2. The fourth-order valence-corrected chi connectivity index (χ4v) is 4.25. The second-order valence-corrected chi connectivity index (χ2v) is 9.37. The molecule has 39 heavy (non-hydrogen) atoms. The van der Waals surface area contributed by atoms with Crippen molar-refractivity contribution < 1.29 is 18.3 Å². The molecule has 9 nitrogen and oxygen atoms in total. The van der Waals surface area contributed by atoms with Crippen molar-refractivity contribution in [1.82, 2.24) is 29.7 Å². The molecule has 1 N–H and O–H groups in total. The first-order valence-electron chi connectivity index (χ1n) is 12.5. The molecule has 0 unspecified atom stereocenters. The average molecular weight is 530 g/mol. The maximum absolute atomic E-state index is 15.0. The SMILES string of the molecule is COc1cnc(-c2nn(Cc3c(F)cc(OCC4CC4)cc3F)c3ccccc23)nc1Nc1ccnc(C)n1. The molecule has 0 radical (unpaired) electrons. The van der Waals surface area contributed by atoms with Crippen molar-refractivity contribution in [3.8, 4) is 23.0 Å². The third-order valence-electron chi connectivity index (χ3n) is 6.47. The van der Waals surface area contributed by atoms with Crippen molar-refractivity contribution in [3.63, 3.8) is 0 Å². The lowest BCUT2D eigenvalue weighted by molar-refractivity contribution is 0.296. The zero-order valence-corrected chi connectivity index (χ0v) is 21.4. The summed E-state index contributed by atoms with van der Waals surface area (Å²) in [5, 5.41) is 8.55. The van der Waals surface area contributed by atoms with Crippen LogP contribution in [0.1, 0.15) is 24.2 Å². The van der Waals surface area contributed by atoms with Gasteiger partial charge in [0.1, 0.15) is 34.7 Å². The fourth-order valence-electron chi connectivity index (χ4n) is 4.25. The standard InChI is InChI=1S/C28H25F2N7O2/c1-16-31-10-9-25(33-16)34-27-24(38-2)13-32-28(35-27)26-19-5-3-4-6-23(19)37(36-26)14-20-21(29)11-18(12-22(20)30)39-15-17-7-8-17/h3-6,9-13,17H,7-8,14-15H2,1-2H3,(H,31,32,33,34,35). The van der Waals surface area contributed by atoms with Gasteiger partial charge in [-0.1, -0.05) is 18.2 Å². The summed E-state index contributed by atoms with van der Waals surface area (Å²) in [7, 11) is 1.52. The molecule has 0 spiro atoms. The van der Waals surface area contributed by atoms with Gasteiger partial charge in [0.05, 0.1) is 32.0 Å². The molecule has 0 saturated heterocycles. The number of para-hydroxylation sites is 1. The van der Waals surface area contributed by atoms with E-state index in [2.05, 4.69) is 30.4 Å². The van der Waals surface area contributed by atoms with Crippen molar-refractivity contribution in [1.29, 1.82) is 0 Å². The van der Waals surface area contributed by atoms with Crippen molar-refractivity contribution in [2.45, 2.75) is 26.3 Å². The Morgan fingerprint density at radius 1 is 1.05 bits per heavy atom. The second-order valence-electron chi connectivity index (χ2n) is 9.37. The van der Waals surface area contributed by atoms with Gasteiger partial charge in [-0.15, -0.1) is 0 Å². The molecule has 0 bridgehead atoms. The third kappa shape index (κ3) is 5.20. The molecule has 0 aliphatic heterocycles. The van der Waals surface area contributed by atoms with Crippen LogP contribution in [-0.4, -0.2) is 43.4 Å². The summed E-state index contributed by atoms with van der Waals surface area (Å²) >= 11 is 0. The Bertz CT molecular complexity index is 1650. The summed E-state index contributed by atoms with van der Waals surface area (Å²) in [6, 6.07) is 11.6. The first-order chi connectivity index (χ1) is 19.0. The van der Waals surface area contributed by atoms with Crippen LogP contribution in [0.25, 0.3) is 22.4 Å². The van der Waals surface area contributed by atoms with Crippen molar-refractivity contribution in [3.05, 3.63) is 77.9 Å². The number of aryl methyl sites for hydroxylation is 1. The molecular weight excluding hydrogens is 504 g/mol. The van der Waals surface area contributed by atoms with Gasteiger partial charge in [-0.2, -0.15) is 5.10 Å². The summed E-state index contributed by atoms with van der Waals surface area (Å²) in [6.07, 6.45) is 5.35. The summed E-state index contributed by atoms with van der Waals surface area (Å²) in [5.41, 5.74) is 1.03. The van der Waals surface area contributed by atoms with E-state index < -0.39 is 11.6 Å². The zero-order valence-electron chi connectivity index (χ0n) is 21.4. The number of nitrogens with one attached hydrogen (secondary N) is 1. The van der Waals surface area contributed by atoms with E-state index in [1.165, 1.54) is 25.4 Å². The van der Waals surface area contributed by atoms with Gasteiger partial charge in [0, 0.05) is 29.3 Å². The molecule has 6 rings (SSSR count). The highest BCUT2D eigenvalue weighted by Gasteiger charge is 2.23. The predicted octanol–water partition coefficient (Wildman–Crippen LogP) is 5.46. The summed E-state index contributed by atoms with van der Waals surface area (Å²) in [4.78, 5) is 17.6. The Labute approximate surface area is 222 Å². The van der Waals surface area contributed by atoms with Gasteiger partial charge >= 0.3 is 0 Å². The molecule has 2 aromatic carbocycles. The number of fused-ring (bicyclic) bond motifs is 1. The minimum absolute atomic E-state index is 0.106. The van der Waals surface area contributed by atoms with Gasteiger partial charge in [0.25, 0.3) is 0 Å². The quantitative estimate of drug-likeness (QED) is 0.269. The van der Waals surface area contributed by atoms with Gasteiger partial charge in [-0.3, -0.25) is 4.68 Å². The Kier molecular flexibility index (Phi) is 6.47. The van der Waals surface area contributed by atoms with Gasteiger partial charge < -0.3 is 14.8 Å². The summed E-state index contributed by atoms with van der Waals surface area (Å²) < 4.78 is 42.6. The number of methoxy groups -OCH3 is 1.